The van der Waals surface area contributed by atoms with Gasteiger partial charge in [-0.2, -0.15) is 0 Å². The highest BCUT2D eigenvalue weighted by atomic mass is 32.1. The van der Waals surface area contributed by atoms with Crippen LogP contribution in [-0.4, -0.2) is 9.97 Å². The first-order chi connectivity index (χ1) is 8.40. The number of thiazole rings is 1. The number of anilines is 2. The first kappa shape index (κ1) is 12.7. The second kappa shape index (κ2) is 4.49. The van der Waals surface area contributed by atoms with Gasteiger partial charge in [0.25, 0.3) is 0 Å². The van der Waals surface area contributed by atoms with E-state index in [1.807, 2.05) is 19.2 Å². The fraction of sp³-hybridized carbons (Fsp3) is 0.273. The minimum absolute atomic E-state index is 0.0888. The molecular weight excluding hydrogens is 258 g/mol. The second-order valence-corrected chi connectivity index (χ2v) is 5.17. The molecule has 2 rings (SSSR count). The predicted molar refractivity (Wildman–Crippen MR) is 67.3 cm³/mol. The highest BCUT2D eigenvalue weighted by molar-refractivity contribution is 7.09. The third-order valence-electron chi connectivity index (χ3n) is 2.35. The smallest absolute Gasteiger partial charge is 0.168 e. The molecule has 4 nitrogen and oxygen atoms in total. The molecule has 2 heterocycles. The Morgan fingerprint density at radius 3 is 2.67 bits per heavy atom. The van der Waals surface area contributed by atoms with Gasteiger partial charge in [0, 0.05) is 17.6 Å². The van der Waals surface area contributed by atoms with Crippen LogP contribution < -0.4 is 11.1 Å². The van der Waals surface area contributed by atoms with Crippen LogP contribution in [0.3, 0.4) is 0 Å². The van der Waals surface area contributed by atoms with Crippen LogP contribution >= 0.6 is 11.3 Å². The lowest BCUT2D eigenvalue weighted by molar-refractivity contribution is 0.557. The van der Waals surface area contributed by atoms with Gasteiger partial charge >= 0.3 is 0 Å². The molecule has 0 radical (unpaired) electrons. The molecule has 0 aliphatic heterocycles. The standard InChI is InChI=1S/C11H12F2N4S/c1-11(2,10-15-3-4-18-10)17-9-7(13)5-6(12)8(14)16-9/h3-5H,1-2H3,(H3,14,16,17). The van der Waals surface area contributed by atoms with Gasteiger partial charge in [-0.3, -0.25) is 0 Å². The summed E-state index contributed by atoms with van der Waals surface area (Å²) in [5, 5.41) is 5.46. The van der Waals surface area contributed by atoms with Crippen molar-refractivity contribution >= 4 is 23.0 Å². The van der Waals surface area contributed by atoms with Crippen LogP contribution in [0.2, 0.25) is 0 Å². The molecule has 0 aromatic carbocycles. The number of hydrogen-bond donors (Lipinski definition) is 2. The maximum Gasteiger partial charge on any atom is 0.168 e. The first-order valence-electron chi connectivity index (χ1n) is 5.20. The Labute approximate surface area is 107 Å². The molecule has 0 saturated carbocycles. The molecule has 3 N–H and O–H groups in total. The van der Waals surface area contributed by atoms with Gasteiger partial charge in [-0.05, 0) is 13.8 Å². The van der Waals surface area contributed by atoms with Crippen molar-refractivity contribution in [3.63, 3.8) is 0 Å². The Balaban J connectivity index is 2.32. The van der Waals surface area contributed by atoms with Gasteiger partial charge in [0.1, 0.15) is 5.01 Å². The van der Waals surface area contributed by atoms with Crippen LogP contribution in [0.4, 0.5) is 20.4 Å². The Hall–Kier alpha value is -1.76. The van der Waals surface area contributed by atoms with Crippen LogP contribution in [0.25, 0.3) is 0 Å². The lowest BCUT2D eigenvalue weighted by Gasteiger charge is -2.24. The fourth-order valence-corrected chi connectivity index (χ4v) is 2.17. The van der Waals surface area contributed by atoms with E-state index in [1.165, 1.54) is 11.3 Å². The number of pyridine rings is 1. The van der Waals surface area contributed by atoms with Crippen molar-refractivity contribution in [2.75, 3.05) is 11.1 Å². The molecule has 7 heteroatoms. The summed E-state index contributed by atoms with van der Waals surface area (Å²) in [7, 11) is 0. The highest BCUT2D eigenvalue weighted by Crippen LogP contribution is 2.28. The van der Waals surface area contributed by atoms with E-state index in [1.54, 1.807) is 6.20 Å². The maximum atomic E-state index is 13.6. The van der Waals surface area contributed by atoms with Crippen molar-refractivity contribution in [3.8, 4) is 0 Å². The molecular formula is C11H12F2N4S. The van der Waals surface area contributed by atoms with Gasteiger partial charge in [-0.15, -0.1) is 11.3 Å². The summed E-state index contributed by atoms with van der Waals surface area (Å²) in [6.07, 6.45) is 1.66. The van der Waals surface area contributed by atoms with Crippen LogP contribution in [0.1, 0.15) is 18.9 Å². The van der Waals surface area contributed by atoms with Crippen LogP contribution in [0.15, 0.2) is 17.6 Å². The fourth-order valence-electron chi connectivity index (χ4n) is 1.45. The van der Waals surface area contributed by atoms with E-state index in [0.29, 0.717) is 6.07 Å². The van der Waals surface area contributed by atoms with Gasteiger partial charge in [-0.1, -0.05) is 0 Å². The topological polar surface area (TPSA) is 63.8 Å². The van der Waals surface area contributed by atoms with Crippen LogP contribution in [-0.2, 0) is 5.54 Å². The van der Waals surface area contributed by atoms with Crippen molar-refractivity contribution in [1.29, 1.82) is 0 Å². The van der Waals surface area contributed by atoms with E-state index in [2.05, 4.69) is 15.3 Å². The summed E-state index contributed by atoms with van der Waals surface area (Å²) < 4.78 is 26.6. The van der Waals surface area contributed by atoms with E-state index in [4.69, 9.17) is 5.73 Å². The molecule has 0 aliphatic carbocycles. The van der Waals surface area contributed by atoms with Crippen molar-refractivity contribution in [2.45, 2.75) is 19.4 Å². The normalized spacial score (nSPS) is 11.6. The minimum atomic E-state index is -0.870. The Bertz CT molecular complexity index is 554. The zero-order chi connectivity index (χ0) is 13.3. The summed E-state index contributed by atoms with van der Waals surface area (Å²) in [6, 6.07) is 0.711. The van der Waals surface area contributed by atoms with Crippen LogP contribution in [0, 0.1) is 11.6 Å². The van der Waals surface area contributed by atoms with Gasteiger partial charge < -0.3 is 11.1 Å². The molecule has 0 atom stereocenters. The largest absolute Gasteiger partial charge is 0.381 e. The number of aromatic nitrogens is 2. The molecule has 0 aliphatic rings. The number of halogens is 2. The molecule has 0 bridgehead atoms. The molecule has 0 spiro atoms. The predicted octanol–water partition coefficient (Wildman–Crippen LogP) is 2.75. The molecule has 2 aromatic rings. The third-order valence-corrected chi connectivity index (χ3v) is 3.45. The van der Waals surface area contributed by atoms with Gasteiger partial charge in [0.2, 0.25) is 0 Å². The zero-order valence-corrected chi connectivity index (χ0v) is 10.7. The van der Waals surface area contributed by atoms with Crippen molar-refractivity contribution in [2.24, 2.45) is 0 Å². The number of nitrogens with two attached hydrogens (primary N) is 1. The molecule has 96 valence electrons. The number of hydrogen-bond acceptors (Lipinski definition) is 5. The number of nitrogen functional groups attached to an aromatic ring is 1. The summed E-state index contributed by atoms with van der Waals surface area (Å²) >= 11 is 1.43. The number of rotatable bonds is 3. The SMILES string of the molecule is CC(C)(Nc1nc(N)c(F)cc1F)c1nccs1. The quantitative estimate of drug-likeness (QED) is 0.900. The average molecular weight is 270 g/mol. The highest BCUT2D eigenvalue weighted by Gasteiger charge is 2.25. The molecule has 0 fully saturated rings. The van der Waals surface area contributed by atoms with Gasteiger partial charge in [0.05, 0.1) is 5.54 Å². The number of nitrogens with one attached hydrogen (secondary N) is 1. The third kappa shape index (κ3) is 2.40. The molecule has 0 amide bonds. The molecule has 2 aromatic heterocycles. The second-order valence-electron chi connectivity index (χ2n) is 4.27. The Kier molecular flexibility index (Phi) is 3.16. The Morgan fingerprint density at radius 1 is 1.33 bits per heavy atom. The monoisotopic (exact) mass is 270 g/mol. The van der Waals surface area contributed by atoms with Gasteiger partial charge in [0.15, 0.2) is 23.3 Å². The summed E-state index contributed by atoms with van der Waals surface area (Å²) in [5.74, 6) is -2.08. The van der Waals surface area contributed by atoms with Crippen molar-refractivity contribution in [3.05, 3.63) is 34.3 Å². The van der Waals surface area contributed by atoms with E-state index < -0.39 is 17.2 Å². The summed E-state index contributed by atoms with van der Waals surface area (Å²) in [6.45, 7) is 3.65. The van der Waals surface area contributed by atoms with Crippen molar-refractivity contribution in [1.82, 2.24) is 9.97 Å². The molecule has 0 saturated heterocycles. The van der Waals surface area contributed by atoms with E-state index in [9.17, 15) is 8.78 Å². The average Bonchev–Trinajstić information content (AvgIpc) is 2.79. The summed E-state index contributed by atoms with van der Waals surface area (Å²) in [5.41, 5.74) is 4.70. The number of nitrogens with zero attached hydrogens (tertiary/aromatic N) is 2. The summed E-state index contributed by atoms with van der Waals surface area (Å²) in [4.78, 5) is 7.82. The lowest BCUT2D eigenvalue weighted by Crippen LogP contribution is -2.29. The van der Waals surface area contributed by atoms with E-state index >= 15 is 0 Å². The van der Waals surface area contributed by atoms with E-state index in [0.717, 1.165) is 5.01 Å². The zero-order valence-electron chi connectivity index (χ0n) is 9.87. The minimum Gasteiger partial charge on any atom is -0.381 e. The van der Waals surface area contributed by atoms with Crippen molar-refractivity contribution < 1.29 is 8.78 Å². The molecule has 18 heavy (non-hydrogen) atoms. The molecule has 0 unspecified atom stereocenters. The lowest BCUT2D eigenvalue weighted by atomic mass is 10.1. The van der Waals surface area contributed by atoms with Crippen LogP contribution in [0.5, 0.6) is 0 Å². The first-order valence-corrected chi connectivity index (χ1v) is 6.08. The Morgan fingerprint density at radius 2 is 2.06 bits per heavy atom. The van der Waals surface area contributed by atoms with E-state index in [-0.39, 0.29) is 11.6 Å². The maximum absolute atomic E-state index is 13.6. The van der Waals surface area contributed by atoms with Gasteiger partial charge in [-0.25, -0.2) is 18.7 Å².